The first-order valence-corrected chi connectivity index (χ1v) is 8.06. The monoisotopic (exact) mass is 273 g/mol. The van der Waals surface area contributed by atoms with E-state index in [1.54, 1.807) is 0 Å². The molecule has 0 radical (unpaired) electrons. The Morgan fingerprint density at radius 2 is 1.55 bits per heavy atom. The molecular weight excluding hydrogens is 242 g/mol. The molecule has 2 N–H and O–H groups in total. The molecule has 1 rings (SSSR count). The van der Waals surface area contributed by atoms with E-state index in [0.717, 1.165) is 31.4 Å². The first-order chi connectivity index (χ1) is 9.36. The van der Waals surface area contributed by atoms with E-state index in [4.69, 9.17) is 5.73 Å². The molecule has 0 spiro atoms. The summed E-state index contributed by atoms with van der Waals surface area (Å²) in [5.74, 6) is 7.12. The Labute approximate surface area is 125 Å². The molecule has 0 bridgehead atoms. The van der Waals surface area contributed by atoms with Gasteiger partial charge in [-0.1, -0.05) is 53.4 Å². The fourth-order valence-corrected chi connectivity index (χ4v) is 2.77. The highest BCUT2D eigenvalue weighted by Gasteiger charge is 2.33. The summed E-state index contributed by atoms with van der Waals surface area (Å²) in [5.41, 5.74) is 8.83. The van der Waals surface area contributed by atoms with Gasteiger partial charge in [0.05, 0.1) is 5.92 Å². The molecule has 112 valence electrons. The van der Waals surface area contributed by atoms with Gasteiger partial charge in [0, 0.05) is 11.3 Å². The standard InChI is InChI=1S/C19H31N/c1-7-18(5,8-2)15-11-13-16(17(20)14-12-15)19(6,9-3)10-4/h12,14,16H,7-10,20H2,1-6H3. The molecule has 1 unspecified atom stereocenters. The molecule has 0 heterocycles. The van der Waals surface area contributed by atoms with Crippen molar-refractivity contribution < 1.29 is 0 Å². The Balaban J connectivity index is 3.20. The zero-order valence-electron chi connectivity index (χ0n) is 14.1. The van der Waals surface area contributed by atoms with Crippen LogP contribution in [0.1, 0.15) is 67.2 Å². The molecule has 0 fully saturated rings. The van der Waals surface area contributed by atoms with E-state index in [2.05, 4.69) is 65.5 Å². The smallest absolute Gasteiger partial charge is 0.0654 e. The Kier molecular flexibility index (Phi) is 5.51. The molecule has 0 saturated carbocycles. The molecule has 0 amide bonds. The second-order valence-corrected chi connectivity index (χ2v) is 6.58. The van der Waals surface area contributed by atoms with Crippen molar-refractivity contribution in [1.29, 1.82) is 0 Å². The van der Waals surface area contributed by atoms with Gasteiger partial charge in [0.15, 0.2) is 0 Å². The third-order valence-corrected chi connectivity index (χ3v) is 5.65. The SMILES string of the molecule is CCC(C)(CC)C1=CC=C(N)C(C(C)(CC)CC)C#C1. The van der Waals surface area contributed by atoms with Gasteiger partial charge in [-0.25, -0.2) is 0 Å². The average molecular weight is 273 g/mol. The van der Waals surface area contributed by atoms with E-state index < -0.39 is 0 Å². The number of hydrogen-bond acceptors (Lipinski definition) is 1. The summed E-state index contributed by atoms with van der Waals surface area (Å²) < 4.78 is 0. The predicted octanol–water partition coefficient (Wildman–Crippen LogP) is 5.04. The molecular formula is C19H31N. The van der Waals surface area contributed by atoms with Gasteiger partial charge in [-0.15, -0.1) is 0 Å². The fourth-order valence-electron chi connectivity index (χ4n) is 2.77. The van der Waals surface area contributed by atoms with E-state index >= 15 is 0 Å². The molecule has 1 atom stereocenters. The van der Waals surface area contributed by atoms with Gasteiger partial charge >= 0.3 is 0 Å². The van der Waals surface area contributed by atoms with Crippen LogP contribution in [0.5, 0.6) is 0 Å². The molecule has 1 aliphatic rings. The quantitative estimate of drug-likeness (QED) is 0.674. The first kappa shape index (κ1) is 16.9. The minimum absolute atomic E-state index is 0.171. The van der Waals surface area contributed by atoms with E-state index in [0.29, 0.717) is 0 Å². The number of hydrogen-bond donors (Lipinski definition) is 1. The second-order valence-electron chi connectivity index (χ2n) is 6.58. The normalized spacial score (nSPS) is 19.6. The van der Waals surface area contributed by atoms with Gasteiger partial charge in [-0.3, -0.25) is 0 Å². The lowest BCUT2D eigenvalue weighted by atomic mass is 9.71. The van der Waals surface area contributed by atoms with Crippen molar-refractivity contribution >= 4 is 0 Å². The van der Waals surface area contributed by atoms with Gasteiger partial charge in [0.1, 0.15) is 0 Å². The zero-order chi connectivity index (χ0) is 15.4. The fraction of sp³-hybridized carbons (Fsp3) is 0.684. The van der Waals surface area contributed by atoms with Gasteiger partial charge in [0.25, 0.3) is 0 Å². The van der Waals surface area contributed by atoms with E-state index in [1.165, 1.54) is 5.57 Å². The van der Waals surface area contributed by atoms with Crippen molar-refractivity contribution in [3.8, 4) is 11.8 Å². The lowest BCUT2D eigenvalue weighted by molar-refractivity contribution is 0.241. The molecule has 20 heavy (non-hydrogen) atoms. The van der Waals surface area contributed by atoms with Gasteiger partial charge < -0.3 is 5.73 Å². The van der Waals surface area contributed by atoms with Crippen LogP contribution in [0.15, 0.2) is 23.4 Å². The number of allylic oxidation sites excluding steroid dienone is 4. The Hall–Kier alpha value is -1.16. The van der Waals surface area contributed by atoms with Crippen LogP contribution in [0.4, 0.5) is 0 Å². The Morgan fingerprint density at radius 3 is 2.00 bits per heavy atom. The van der Waals surface area contributed by atoms with Crippen LogP contribution in [0.2, 0.25) is 0 Å². The number of nitrogens with two attached hydrogens (primary N) is 1. The topological polar surface area (TPSA) is 26.0 Å². The highest BCUT2D eigenvalue weighted by molar-refractivity contribution is 5.43. The Bertz CT molecular complexity index is 448. The maximum Gasteiger partial charge on any atom is 0.0654 e. The highest BCUT2D eigenvalue weighted by atomic mass is 14.6. The third kappa shape index (κ3) is 3.11. The van der Waals surface area contributed by atoms with Gasteiger partial charge in [-0.05, 0) is 48.7 Å². The minimum atomic E-state index is 0.171. The van der Waals surface area contributed by atoms with Gasteiger partial charge in [-0.2, -0.15) is 0 Å². The predicted molar refractivity (Wildman–Crippen MR) is 89.0 cm³/mol. The summed E-state index contributed by atoms with van der Waals surface area (Å²) in [6.07, 6.45) is 8.67. The van der Waals surface area contributed by atoms with Crippen molar-refractivity contribution in [3.05, 3.63) is 23.4 Å². The highest BCUT2D eigenvalue weighted by Crippen LogP contribution is 2.40. The summed E-state index contributed by atoms with van der Waals surface area (Å²) in [4.78, 5) is 0. The van der Waals surface area contributed by atoms with Crippen LogP contribution in [-0.2, 0) is 0 Å². The van der Waals surface area contributed by atoms with Crippen molar-refractivity contribution in [1.82, 2.24) is 0 Å². The first-order valence-electron chi connectivity index (χ1n) is 8.06. The molecule has 0 aliphatic heterocycles. The van der Waals surface area contributed by atoms with Crippen molar-refractivity contribution in [2.75, 3.05) is 0 Å². The van der Waals surface area contributed by atoms with E-state index in [1.807, 2.05) is 0 Å². The maximum absolute atomic E-state index is 6.32. The minimum Gasteiger partial charge on any atom is -0.401 e. The largest absolute Gasteiger partial charge is 0.401 e. The van der Waals surface area contributed by atoms with Crippen molar-refractivity contribution in [3.63, 3.8) is 0 Å². The summed E-state index contributed by atoms with van der Waals surface area (Å²) >= 11 is 0. The summed E-state index contributed by atoms with van der Waals surface area (Å²) in [7, 11) is 0. The average Bonchev–Trinajstić information content (AvgIpc) is 2.68. The van der Waals surface area contributed by atoms with Crippen molar-refractivity contribution in [2.24, 2.45) is 22.5 Å². The summed E-state index contributed by atoms with van der Waals surface area (Å²) in [5, 5.41) is 0. The van der Waals surface area contributed by atoms with Crippen molar-refractivity contribution in [2.45, 2.75) is 67.2 Å². The van der Waals surface area contributed by atoms with Crippen LogP contribution < -0.4 is 5.73 Å². The van der Waals surface area contributed by atoms with Crippen LogP contribution in [0.25, 0.3) is 0 Å². The van der Waals surface area contributed by atoms with Crippen LogP contribution in [0.3, 0.4) is 0 Å². The molecule has 0 saturated heterocycles. The summed E-state index contributed by atoms with van der Waals surface area (Å²) in [6, 6.07) is 0. The third-order valence-electron chi connectivity index (χ3n) is 5.65. The summed E-state index contributed by atoms with van der Waals surface area (Å²) in [6.45, 7) is 13.6. The zero-order valence-corrected chi connectivity index (χ0v) is 14.1. The molecule has 1 aliphatic carbocycles. The molecule has 0 aromatic rings. The van der Waals surface area contributed by atoms with Crippen LogP contribution in [0, 0.1) is 28.6 Å². The molecule has 0 aromatic carbocycles. The number of rotatable bonds is 6. The van der Waals surface area contributed by atoms with E-state index in [-0.39, 0.29) is 16.7 Å². The van der Waals surface area contributed by atoms with Crippen LogP contribution >= 0.6 is 0 Å². The lowest BCUT2D eigenvalue weighted by Gasteiger charge is -2.33. The second kappa shape index (κ2) is 6.53. The molecule has 1 nitrogen and oxygen atoms in total. The van der Waals surface area contributed by atoms with Crippen LogP contribution in [-0.4, -0.2) is 0 Å². The molecule has 1 heteroatoms. The Morgan fingerprint density at radius 1 is 1.00 bits per heavy atom. The lowest BCUT2D eigenvalue weighted by Crippen LogP contribution is -2.29. The van der Waals surface area contributed by atoms with E-state index in [9.17, 15) is 0 Å². The van der Waals surface area contributed by atoms with Gasteiger partial charge in [0.2, 0.25) is 0 Å². The molecule has 0 aromatic heterocycles. The maximum atomic E-state index is 6.32.